The highest BCUT2D eigenvalue weighted by Crippen LogP contribution is 2.24. The summed E-state index contributed by atoms with van der Waals surface area (Å²) in [6.07, 6.45) is 3.26. The summed E-state index contributed by atoms with van der Waals surface area (Å²) in [6.45, 7) is 8.75. The largest absolute Gasteiger partial charge is 0.483 e. The molecule has 1 aromatic rings. The number of nitrogens with one attached hydrogen (secondary N) is 2. The molecule has 0 bridgehead atoms. The van der Waals surface area contributed by atoms with Crippen molar-refractivity contribution in [2.75, 3.05) is 39.3 Å². The van der Waals surface area contributed by atoms with Gasteiger partial charge in [-0.1, -0.05) is 29.3 Å². The Hall–Kier alpha value is -2.07. The van der Waals surface area contributed by atoms with Crippen molar-refractivity contribution < 1.29 is 24.2 Å². The van der Waals surface area contributed by atoms with E-state index in [1.165, 1.54) is 0 Å². The van der Waals surface area contributed by atoms with E-state index in [-0.39, 0.29) is 30.6 Å². The van der Waals surface area contributed by atoms with Gasteiger partial charge in [0.1, 0.15) is 0 Å². The summed E-state index contributed by atoms with van der Waals surface area (Å²) < 4.78 is 5.85. The number of hydrogen-bond acceptors (Lipinski definition) is 5. The zero-order valence-electron chi connectivity index (χ0n) is 21.1. The van der Waals surface area contributed by atoms with Crippen LogP contribution in [0.5, 0.6) is 0 Å². The molecule has 3 N–H and O–H groups in total. The molecule has 1 atom stereocenters. The molecule has 202 valence electrons. The first-order valence-electron chi connectivity index (χ1n) is 12.4. The molecule has 0 unspecified atom stereocenters. The third kappa shape index (κ3) is 10.9. The molecule has 36 heavy (non-hydrogen) atoms. The molecule has 2 fully saturated rings. The number of carbonyl (C=O) groups excluding carboxylic acids is 2. The van der Waals surface area contributed by atoms with Crippen LogP contribution >= 0.6 is 23.2 Å². The van der Waals surface area contributed by atoms with Crippen molar-refractivity contribution in [3.63, 3.8) is 0 Å². The first-order chi connectivity index (χ1) is 17.2. The number of urea groups is 1. The zero-order chi connectivity index (χ0) is 26.5. The maximum Gasteiger partial charge on any atom is 0.317 e. The van der Waals surface area contributed by atoms with Crippen molar-refractivity contribution in [2.24, 2.45) is 5.92 Å². The van der Waals surface area contributed by atoms with Crippen molar-refractivity contribution in [2.45, 2.75) is 58.2 Å². The van der Waals surface area contributed by atoms with Gasteiger partial charge in [0.15, 0.2) is 0 Å². The van der Waals surface area contributed by atoms with Crippen LogP contribution in [0.25, 0.3) is 0 Å². The standard InChI is InChI=1S/C24H36Cl2N4O3.CH2O2/c1-17(2)28-24(32)30-9-7-18(8-10-30)4-6-23(31)27-14-20-16-29(11-12-33-20)15-19-3-5-21(25)22(26)13-19;2-1-3/h3,5,13,17-18,20H,4,6-12,14-16H2,1-2H3,(H,27,31)(H,28,32);1H,(H,2,3)/t20-;/m0./s1. The first-order valence-corrected chi connectivity index (χ1v) is 13.1. The highest BCUT2D eigenvalue weighted by molar-refractivity contribution is 6.42. The van der Waals surface area contributed by atoms with E-state index in [9.17, 15) is 9.59 Å². The molecule has 0 spiro atoms. The molecule has 0 aliphatic carbocycles. The number of piperidine rings is 1. The number of carbonyl (C=O) groups is 3. The Morgan fingerprint density at radius 3 is 2.53 bits per heavy atom. The lowest BCUT2D eigenvalue weighted by atomic mass is 9.92. The highest BCUT2D eigenvalue weighted by atomic mass is 35.5. The van der Waals surface area contributed by atoms with Gasteiger partial charge in [0, 0.05) is 51.7 Å². The lowest BCUT2D eigenvalue weighted by Crippen LogP contribution is -2.47. The smallest absolute Gasteiger partial charge is 0.317 e. The minimum Gasteiger partial charge on any atom is -0.483 e. The van der Waals surface area contributed by atoms with Gasteiger partial charge in [0.25, 0.3) is 6.47 Å². The molecule has 2 aliphatic rings. The lowest BCUT2D eigenvalue weighted by molar-refractivity contribution is -0.123. The fourth-order valence-electron chi connectivity index (χ4n) is 4.36. The Bertz CT molecular complexity index is 850. The van der Waals surface area contributed by atoms with E-state index in [1.807, 2.05) is 36.9 Å². The topological polar surface area (TPSA) is 111 Å². The summed E-state index contributed by atoms with van der Waals surface area (Å²) in [5.74, 6) is 0.562. The van der Waals surface area contributed by atoms with Gasteiger partial charge in [-0.05, 0) is 56.7 Å². The summed E-state index contributed by atoms with van der Waals surface area (Å²) in [4.78, 5) is 37.0. The molecular weight excluding hydrogens is 507 g/mol. The quantitative estimate of drug-likeness (QED) is 0.431. The summed E-state index contributed by atoms with van der Waals surface area (Å²) in [7, 11) is 0. The number of nitrogens with zero attached hydrogens (tertiary/aromatic N) is 2. The van der Waals surface area contributed by atoms with Gasteiger partial charge in [-0.3, -0.25) is 14.5 Å². The van der Waals surface area contributed by atoms with Crippen molar-refractivity contribution in [3.05, 3.63) is 33.8 Å². The molecule has 0 saturated carbocycles. The normalized spacial score (nSPS) is 18.8. The molecule has 3 rings (SSSR count). The second-order valence-corrected chi connectivity index (χ2v) is 10.3. The molecule has 1 aromatic carbocycles. The van der Waals surface area contributed by atoms with Crippen molar-refractivity contribution >= 4 is 41.6 Å². The van der Waals surface area contributed by atoms with Gasteiger partial charge in [-0.15, -0.1) is 0 Å². The van der Waals surface area contributed by atoms with Crippen LogP contribution in [0.2, 0.25) is 10.0 Å². The Kier molecular flexibility index (Phi) is 13.3. The SMILES string of the molecule is CC(C)NC(=O)N1CCC(CCC(=O)NC[C@H]2CN(Cc3ccc(Cl)c(Cl)c3)CCO2)CC1.O=CO. The van der Waals surface area contributed by atoms with Crippen LogP contribution in [0.3, 0.4) is 0 Å². The Balaban J connectivity index is 0.00000145. The lowest BCUT2D eigenvalue weighted by Gasteiger charge is -2.33. The maximum absolute atomic E-state index is 12.4. The first kappa shape index (κ1) is 30.2. The number of amides is 3. The van der Waals surface area contributed by atoms with Crippen LogP contribution in [0.1, 0.15) is 45.1 Å². The number of morpholine rings is 1. The number of carboxylic acid groups (broad SMARTS) is 1. The Morgan fingerprint density at radius 2 is 1.89 bits per heavy atom. The average molecular weight is 546 g/mol. The van der Waals surface area contributed by atoms with E-state index in [4.69, 9.17) is 37.8 Å². The summed E-state index contributed by atoms with van der Waals surface area (Å²) in [5.41, 5.74) is 1.11. The predicted molar refractivity (Wildman–Crippen MR) is 140 cm³/mol. The Morgan fingerprint density at radius 1 is 1.19 bits per heavy atom. The van der Waals surface area contributed by atoms with Crippen LogP contribution in [-0.4, -0.2) is 84.8 Å². The van der Waals surface area contributed by atoms with E-state index in [0.717, 1.165) is 57.5 Å². The zero-order valence-corrected chi connectivity index (χ0v) is 22.6. The predicted octanol–water partition coefficient (Wildman–Crippen LogP) is 3.62. The van der Waals surface area contributed by atoms with Crippen LogP contribution < -0.4 is 10.6 Å². The molecule has 0 radical (unpaired) electrons. The number of benzene rings is 1. The fourth-order valence-corrected chi connectivity index (χ4v) is 4.68. The van der Waals surface area contributed by atoms with Gasteiger partial charge in [0.2, 0.25) is 5.91 Å². The average Bonchev–Trinajstić information content (AvgIpc) is 2.84. The van der Waals surface area contributed by atoms with Gasteiger partial charge < -0.3 is 25.4 Å². The fraction of sp³-hybridized carbons (Fsp3) is 0.640. The third-order valence-corrected chi connectivity index (χ3v) is 6.97. The number of ether oxygens (including phenoxy) is 1. The van der Waals surface area contributed by atoms with Gasteiger partial charge in [-0.25, -0.2) is 4.79 Å². The summed E-state index contributed by atoms with van der Waals surface area (Å²) in [5, 5.41) is 14.0. The number of halogens is 2. The van der Waals surface area contributed by atoms with Gasteiger partial charge >= 0.3 is 6.03 Å². The molecule has 0 aromatic heterocycles. The molecule has 2 aliphatic heterocycles. The molecule has 3 amide bonds. The van der Waals surface area contributed by atoms with Gasteiger partial charge in [0.05, 0.1) is 22.8 Å². The van der Waals surface area contributed by atoms with Gasteiger partial charge in [-0.2, -0.15) is 0 Å². The molecule has 9 nitrogen and oxygen atoms in total. The van der Waals surface area contributed by atoms with E-state index in [0.29, 0.717) is 35.5 Å². The maximum atomic E-state index is 12.4. The van der Waals surface area contributed by atoms with E-state index in [2.05, 4.69) is 15.5 Å². The van der Waals surface area contributed by atoms with Crippen molar-refractivity contribution in [3.8, 4) is 0 Å². The van der Waals surface area contributed by atoms with Crippen molar-refractivity contribution in [1.82, 2.24) is 20.4 Å². The molecule has 2 saturated heterocycles. The van der Waals surface area contributed by atoms with Crippen LogP contribution in [0, 0.1) is 5.92 Å². The monoisotopic (exact) mass is 544 g/mol. The molecule has 11 heteroatoms. The Labute approximate surface area is 223 Å². The van der Waals surface area contributed by atoms with Crippen LogP contribution in [0.4, 0.5) is 4.79 Å². The van der Waals surface area contributed by atoms with Crippen LogP contribution in [0.15, 0.2) is 18.2 Å². The summed E-state index contributed by atoms with van der Waals surface area (Å²) >= 11 is 12.1. The second-order valence-electron chi connectivity index (χ2n) is 9.46. The minimum absolute atomic E-state index is 0.0156. The van der Waals surface area contributed by atoms with E-state index < -0.39 is 0 Å². The number of likely N-dealkylation sites (tertiary alicyclic amines) is 1. The molecule has 2 heterocycles. The highest BCUT2D eigenvalue weighted by Gasteiger charge is 2.24. The number of rotatable bonds is 8. The number of hydrogen-bond donors (Lipinski definition) is 3. The molecular formula is C25H38Cl2N4O5. The third-order valence-electron chi connectivity index (χ3n) is 6.23. The van der Waals surface area contributed by atoms with Crippen molar-refractivity contribution in [1.29, 1.82) is 0 Å². The summed E-state index contributed by atoms with van der Waals surface area (Å²) in [6, 6.07) is 5.87. The van der Waals surface area contributed by atoms with E-state index >= 15 is 0 Å². The minimum atomic E-state index is -0.250. The van der Waals surface area contributed by atoms with E-state index in [1.54, 1.807) is 0 Å². The second kappa shape index (κ2) is 15.9. The van der Waals surface area contributed by atoms with Crippen LogP contribution in [-0.2, 0) is 20.9 Å².